The first-order valence-corrected chi connectivity index (χ1v) is 10.6. The molecule has 0 bridgehead atoms. The van der Waals surface area contributed by atoms with Gasteiger partial charge in [0.1, 0.15) is 27.2 Å². The lowest BCUT2D eigenvalue weighted by atomic mass is 10.0. The predicted molar refractivity (Wildman–Crippen MR) is 119 cm³/mol. The van der Waals surface area contributed by atoms with Gasteiger partial charge in [-0.25, -0.2) is 28.2 Å². The summed E-state index contributed by atoms with van der Waals surface area (Å²) in [7, 11) is 1.86. The highest BCUT2D eigenvalue weighted by molar-refractivity contribution is 7.26. The largest absolute Gasteiger partial charge is 0.280 e. The molecule has 0 amide bonds. The minimum absolute atomic E-state index is 0.259. The number of thiophene rings is 1. The summed E-state index contributed by atoms with van der Waals surface area (Å²) >= 11 is 1.29. The van der Waals surface area contributed by atoms with E-state index in [2.05, 4.69) is 20.2 Å². The van der Waals surface area contributed by atoms with Crippen molar-refractivity contribution in [1.82, 2.24) is 34.3 Å². The monoisotopic (exact) mass is 447 g/mol. The second-order valence-corrected chi connectivity index (χ2v) is 8.46. The number of aryl methyl sites for hydroxylation is 2. The van der Waals surface area contributed by atoms with Crippen molar-refractivity contribution in [2.24, 2.45) is 7.05 Å². The number of aromatic nitrogens is 7. The van der Waals surface area contributed by atoms with Crippen LogP contribution in [0.4, 0.5) is 8.78 Å². The molecule has 10 heteroatoms. The number of hydrogen-bond donors (Lipinski definition) is 0. The smallest absolute Gasteiger partial charge is 0.272 e. The number of rotatable bonds is 3. The maximum atomic E-state index is 13.6. The van der Waals surface area contributed by atoms with Gasteiger partial charge in [-0.05, 0) is 30.2 Å². The van der Waals surface area contributed by atoms with Gasteiger partial charge in [0.05, 0.1) is 5.52 Å². The number of alkyl halides is 2. The molecular weight excluding hydrogens is 432 g/mol. The number of nitrogens with zero attached hydrogens (tertiary/aromatic N) is 7. The zero-order valence-corrected chi connectivity index (χ0v) is 17.8. The Balaban J connectivity index is 1.66. The summed E-state index contributed by atoms with van der Waals surface area (Å²) in [5, 5.41) is 9.70. The number of benzene rings is 1. The van der Waals surface area contributed by atoms with Crippen molar-refractivity contribution in [3.05, 3.63) is 60.2 Å². The van der Waals surface area contributed by atoms with Crippen LogP contribution in [0.5, 0.6) is 0 Å². The molecule has 0 fully saturated rings. The molecule has 158 valence electrons. The molecule has 6 aromatic rings. The topological polar surface area (TPSA) is 73.8 Å². The molecule has 0 aliphatic carbocycles. The zero-order valence-electron chi connectivity index (χ0n) is 17.0. The Kier molecular flexibility index (Phi) is 4.06. The Labute approximate surface area is 184 Å². The summed E-state index contributed by atoms with van der Waals surface area (Å²) in [5.74, 6) is 0.477. The summed E-state index contributed by atoms with van der Waals surface area (Å²) in [4.78, 5) is 14.0. The highest BCUT2D eigenvalue weighted by Gasteiger charge is 2.22. The highest BCUT2D eigenvalue weighted by atomic mass is 32.1. The van der Waals surface area contributed by atoms with E-state index in [-0.39, 0.29) is 5.69 Å². The van der Waals surface area contributed by atoms with Gasteiger partial charge in [-0.15, -0.1) is 16.4 Å². The number of pyridine rings is 1. The van der Waals surface area contributed by atoms with Crippen LogP contribution < -0.4 is 0 Å². The lowest BCUT2D eigenvalue weighted by molar-refractivity contribution is 0.146. The molecule has 0 N–H and O–H groups in total. The van der Waals surface area contributed by atoms with Crippen LogP contribution in [-0.4, -0.2) is 34.3 Å². The van der Waals surface area contributed by atoms with Gasteiger partial charge >= 0.3 is 0 Å². The van der Waals surface area contributed by atoms with E-state index in [1.54, 1.807) is 15.5 Å². The first kappa shape index (κ1) is 18.9. The Morgan fingerprint density at radius 3 is 2.56 bits per heavy atom. The van der Waals surface area contributed by atoms with Crippen molar-refractivity contribution in [3.63, 3.8) is 0 Å². The van der Waals surface area contributed by atoms with E-state index in [0.717, 1.165) is 21.3 Å². The molecule has 5 aromatic heterocycles. The van der Waals surface area contributed by atoms with E-state index in [1.807, 2.05) is 50.4 Å². The maximum Gasteiger partial charge on any atom is 0.280 e. The fraction of sp³-hybridized carbons (Fsp3) is 0.136. The van der Waals surface area contributed by atoms with Gasteiger partial charge in [-0.3, -0.25) is 4.68 Å². The third kappa shape index (κ3) is 2.79. The molecule has 0 atom stereocenters. The molecule has 6 rings (SSSR count). The number of halogens is 2. The molecule has 32 heavy (non-hydrogen) atoms. The van der Waals surface area contributed by atoms with E-state index >= 15 is 0 Å². The third-order valence-electron chi connectivity index (χ3n) is 5.44. The van der Waals surface area contributed by atoms with Gasteiger partial charge in [-0.1, -0.05) is 30.3 Å². The highest BCUT2D eigenvalue weighted by Crippen LogP contribution is 2.41. The van der Waals surface area contributed by atoms with Crippen LogP contribution in [0.3, 0.4) is 0 Å². The van der Waals surface area contributed by atoms with Gasteiger partial charge in [0, 0.05) is 18.1 Å². The Morgan fingerprint density at radius 2 is 1.84 bits per heavy atom. The Hall–Kier alpha value is -3.79. The molecule has 1 aromatic carbocycles. The zero-order chi connectivity index (χ0) is 22.0. The second kappa shape index (κ2) is 6.86. The van der Waals surface area contributed by atoms with E-state index in [9.17, 15) is 8.78 Å². The van der Waals surface area contributed by atoms with Crippen molar-refractivity contribution in [2.75, 3.05) is 0 Å². The van der Waals surface area contributed by atoms with Crippen LogP contribution in [0, 0.1) is 6.92 Å². The molecule has 0 saturated carbocycles. The molecule has 0 unspecified atom stereocenters. The Bertz CT molecular complexity index is 1610. The first-order valence-electron chi connectivity index (χ1n) is 9.82. The minimum atomic E-state index is -2.67. The standard InChI is InChI=1S/C22H15F2N7S/c1-11-8-15(28-30(11)2)20-27-21-18-17(25-10-31(21)29-20)16-13(12-6-4-3-5-7-12)9-14(19(23)24)26-22(16)32-18/h3-10,19H,1-2H3. The molecule has 7 nitrogen and oxygen atoms in total. The lowest BCUT2D eigenvalue weighted by Crippen LogP contribution is -1.93. The number of fused-ring (bicyclic) bond motifs is 5. The normalized spacial score (nSPS) is 12.0. The van der Waals surface area contributed by atoms with Gasteiger partial charge in [0.15, 0.2) is 5.65 Å². The number of hydrogen-bond acceptors (Lipinski definition) is 6. The van der Waals surface area contributed by atoms with Crippen molar-refractivity contribution >= 4 is 37.4 Å². The third-order valence-corrected chi connectivity index (χ3v) is 6.51. The van der Waals surface area contributed by atoms with Crippen LogP contribution in [0.25, 0.3) is 48.7 Å². The van der Waals surface area contributed by atoms with Crippen LogP contribution in [0.2, 0.25) is 0 Å². The van der Waals surface area contributed by atoms with Gasteiger partial charge in [-0.2, -0.15) is 5.10 Å². The summed E-state index contributed by atoms with van der Waals surface area (Å²) in [6.45, 7) is 1.95. The molecule has 0 spiro atoms. The van der Waals surface area contributed by atoms with Crippen LogP contribution in [0.15, 0.2) is 48.8 Å². The van der Waals surface area contributed by atoms with Crippen LogP contribution in [0.1, 0.15) is 17.8 Å². The predicted octanol–water partition coefficient (Wildman–Crippen LogP) is 5.20. The van der Waals surface area contributed by atoms with Gasteiger partial charge in [0.2, 0.25) is 5.82 Å². The van der Waals surface area contributed by atoms with Gasteiger partial charge in [0.25, 0.3) is 6.43 Å². The molecular formula is C22H15F2N7S. The minimum Gasteiger partial charge on any atom is -0.272 e. The molecule has 0 saturated heterocycles. The van der Waals surface area contributed by atoms with Crippen LogP contribution in [-0.2, 0) is 7.05 Å². The summed E-state index contributed by atoms with van der Waals surface area (Å²) in [5.41, 5.74) is 4.15. The van der Waals surface area contributed by atoms with Gasteiger partial charge < -0.3 is 0 Å². The summed E-state index contributed by atoms with van der Waals surface area (Å²) < 4.78 is 31.3. The average molecular weight is 447 g/mol. The fourth-order valence-corrected chi connectivity index (χ4v) is 4.92. The molecule has 0 aliphatic rings. The fourth-order valence-electron chi connectivity index (χ4n) is 3.78. The lowest BCUT2D eigenvalue weighted by Gasteiger charge is -2.07. The van der Waals surface area contributed by atoms with E-state index < -0.39 is 6.43 Å². The van der Waals surface area contributed by atoms with E-state index in [4.69, 9.17) is 4.98 Å². The second-order valence-electron chi connectivity index (χ2n) is 7.46. The van der Waals surface area contributed by atoms with Crippen molar-refractivity contribution < 1.29 is 8.78 Å². The summed E-state index contributed by atoms with van der Waals surface area (Å²) in [6.07, 6.45) is -1.08. The maximum absolute atomic E-state index is 13.6. The van der Waals surface area contributed by atoms with Crippen molar-refractivity contribution in [2.45, 2.75) is 13.3 Å². The first-order chi connectivity index (χ1) is 15.5. The SMILES string of the molecule is Cc1cc(-c2nc3c4sc5nc(C(F)F)cc(-c6ccccc6)c5c4ncn3n2)nn1C. The molecule has 5 heterocycles. The molecule has 0 aliphatic heterocycles. The van der Waals surface area contributed by atoms with Crippen molar-refractivity contribution in [3.8, 4) is 22.6 Å². The van der Waals surface area contributed by atoms with Crippen molar-refractivity contribution in [1.29, 1.82) is 0 Å². The molecule has 0 radical (unpaired) electrons. The average Bonchev–Trinajstić information content (AvgIpc) is 3.48. The summed E-state index contributed by atoms with van der Waals surface area (Å²) in [6, 6.07) is 12.8. The van der Waals surface area contributed by atoms with Crippen LogP contribution >= 0.6 is 11.3 Å². The Morgan fingerprint density at radius 1 is 1.03 bits per heavy atom. The quantitative estimate of drug-likeness (QED) is 0.373. The van der Waals surface area contributed by atoms with E-state index in [0.29, 0.717) is 33.1 Å². The van der Waals surface area contributed by atoms with E-state index in [1.165, 1.54) is 17.4 Å².